The molecule has 0 atom stereocenters. The smallest absolute Gasteiger partial charge is 0.179 e. The third-order valence-electron chi connectivity index (χ3n) is 1.69. The quantitative estimate of drug-likeness (QED) is 0.633. The van der Waals surface area contributed by atoms with Gasteiger partial charge >= 0.3 is 0 Å². The van der Waals surface area contributed by atoms with E-state index in [-0.39, 0.29) is 0 Å². The number of aryl methyl sites for hydroxylation is 1. The molecule has 0 radical (unpaired) electrons. The van der Waals surface area contributed by atoms with E-state index in [2.05, 4.69) is 15.0 Å². The summed E-state index contributed by atoms with van der Waals surface area (Å²) in [5.41, 5.74) is 1.60. The second-order valence-corrected chi connectivity index (χ2v) is 3.21. The number of aromatic amines is 2. The van der Waals surface area contributed by atoms with Crippen molar-refractivity contribution in [2.75, 3.05) is 0 Å². The van der Waals surface area contributed by atoms with E-state index < -0.39 is 0 Å². The van der Waals surface area contributed by atoms with Gasteiger partial charge in [-0.1, -0.05) is 12.2 Å². The first kappa shape index (κ1) is 7.63. The van der Waals surface area contributed by atoms with Gasteiger partial charge in [-0.3, -0.25) is 0 Å². The predicted molar refractivity (Wildman–Crippen MR) is 51.1 cm³/mol. The predicted octanol–water partition coefficient (Wildman–Crippen LogP) is 1.69. The Balaban J connectivity index is 3.18. The first-order chi connectivity index (χ1) is 5.70. The Morgan fingerprint density at radius 1 is 1.50 bits per heavy atom. The molecule has 0 aliphatic rings. The highest BCUT2D eigenvalue weighted by molar-refractivity contribution is 7.72. The van der Waals surface area contributed by atoms with Gasteiger partial charge in [0.2, 0.25) is 0 Å². The minimum absolute atomic E-state index is 0.583. The van der Waals surface area contributed by atoms with Crippen LogP contribution in [0, 0.1) is 9.41 Å². The van der Waals surface area contributed by atoms with E-state index in [9.17, 15) is 0 Å². The summed E-state index contributed by atoms with van der Waals surface area (Å²) >= 11 is 10.1. The zero-order valence-electron chi connectivity index (χ0n) is 6.29. The second-order valence-electron chi connectivity index (χ2n) is 2.42. The molecule has 4 nitrogen and oxygen atoms in total. The lowest BCUT2D eigenvalue weighted by atomic mass is 10.5. The highest BCUT2D eigenvalue weighted by Gasteiger charge is 2.00. The molecule has 2 aromatic heterocycles. The van der Waals surface area contributed by atoms with Crippen molar-refractivity contribution in [3.05, 3.63) is 15.7 Å². The lowest BCUT2D eigenvalue weighted by Gasteiger charge is -1.98. The summed E-state index contributed by atoms with van der Waals surface area (Å²) in [6, 6.07) is 0. The zero-order chi connectivity index (χ0) is 8.72. The fraction of sp³-hybridized carbons (Fsp3) is 0.167. The highest BCUT2D eigenvalue weighted by Crippen LogP contribution is 2.07. The summed E-state index contributed by atoms with van der Waals surface area (Å²) in [5.74, 6) is 0. The lowest BCUT2D eigenvalue weighted by Crippen LogP contribution is -1.97. The Labute approximate surface area is 78.3 Å². The molecule has 2 N–H and O–H groups in total. The summed E-state index contributed by atoms with van der Waals surface area (Å²) < 4.78 is 2.96. The molecular weight excluding hydrogens is 192 g/mol. The Hall–Kier alpha value is -1.01. The molecule has 2 aromatic rings. The third kappa shape index (κ3) is 0.919. The molecule has 0 bridgehead atoms. The van der Waals surface area contributed by atoms with E-state index in [1.165, 1.54) is 0 Å². The van der Waals surface area contributed by atoms with Crippen molar-refractivity contribution in [2.45, 2.75) is 0 Å². The van der Waals surface area contributed by atoms with Gasteiger partial charge in [-0.2, -0.15) is 0 Å². The number of fused-ring (bicyclic) bond motifs is 1. The van der Waals surface area contributed by atoms with Crippen LogP contribution in [0.15, 0.2) is 6.33 Å². The van der Waals surface area contributed by atoms with E-state index in [4.69, 9.17) is 24.4 Å². The summed E-state index contributed by atoms with van der Waals surface area (Å²) in [7, 11) is 1.84. The van der Waals surface area contributed by atoms with Crippen LogP contribution in [-0.2, 0) is 7.05 Å². The van der Waals surface area contributed by atoms with Crippen LogP contribution >= 0.6 is 24.4 Å². The van der Waals surface area contributed by atoms with Crippen LogP contribution in [0.5, 0.6) is 0 Å². The lowest BCUT2D eigenvalue weighted by molar-refractivity contribution is 0.873. The Kier molecular flexibility index (Phi) is 1.59. The van der Waals surface area contributed by atoms with Gasteiger partial charge in [0.25, 0.3) is 0 Å². The monoisotopic (exact) mass is 198 g/mol. The average molecular weight is 198 g/mol. The van der Waals surface area contributed by atoms with Crippen LogP contribution in [-0.4, -0.2) is 19.5 Å². The molecule has 6 heteroatoms. The van der Waals surface area contributed by atoms with Crippen molar-refractivity contribution < 1.29 is 0 Å². The molecule has 2 heterocycles. The first-order valence-electron chi connectivity index (χ1n) is 3.32. The molecule has 0 amide bonds. The van der Waals surface area contributed by atoms with Crippen molar-refractivity contribution in [3.63, 3.8) is 0 Å². The van der Waals surface area contributed by atoms with Gasteiger partial charge in [-0.15, -0.1) is 0 Å². The molecule has 0 aromatic carbocycles. The first-order valence-corrected chi connectivity index (χ1v) is 4.14. The number of aromatic nitrogens is 4. The SMILES string of the molecule is Cn1c(=S)[nH]c(=S)c2[nH]cnc21. The average Bonchev–Trinajstić information content (AvgIpc) is 2.48. The van der Waals surface area contributed by atoms with Crippen molar-refractivity contribution >= 4 is 35.6 Å². The largest absolute Gasteiger partial charge is 0.341 e. The topological polar surface area (TPSA) is 49.4 Å². The summed E-state index contributed by atoms with van der Waals surface area (Å²) in [4.78, 5) is 9.93. The van der Waals surface area contributed by atoms with Crippen molar-refractivity contribution in [1.82, 2.24) is 19.5 Å². The summed E-state index contributed by atoms with van der Waals surface area (Å²) in [6.45, 7) is 0. The third-order valence-corrected chi connectivity index (χ3v) is 2.37. The second kappa shape index (κ2) is 2.49. The van der Waals surface area contributed by atoms with E-state index in [0.29, 0.717) is 9.41 Å². The van der Waals surface area contributed by atoms with E-state index in [1.54, 1.807) is 10.9 Å². The van der Waals surface area contributed by atoms with Gasteiger partial charge in [0, 0.05) is 7.05 Å². The van der Waals surface area contributed by atoms with Gasteiger partial charge in [-0.05, 0) is 12.2 Å². The summed E-state index contributed by atoms with van der Waals surface area (Å²) in [6.07, 6.45) is 1.60. The maximum atomic E-state index is 5.05. The van der Waals surface area contributed by atoms with Crippen molar-refractivity contribution in [1.29, 1.82) is 0 Å². The molecule has 2 rings (SSSR count). The Morgan fingerprint density at radius 2 is 2.25 bits per heavy atom. The van der Waals surface area contributed by atoms with E-state index in [0.717, 1.165) is 11.2 Å². The molecular formula is C6H6N4S2. The maximum Gasteiger partial charge on any atom is 0.179 e. The van der Waals surface area contributed by atoms with Crippen LogP contribution in [0.1, 0.15) is 0 Å². The Morgan fingerprint density at radius 3 is 3.00 bits per heavy atom. The van der Waals surface area contributed by atoms with Crippen molar-refractivity contribution in [3.8, 4) is 0 Å². The summed E-state index contributed by atoms with van der Waals surface area (Å²) in [5, 5.41) is 0. The maximum absolute atomic E-state index is 5.05. The normalized spacial score (nSPS) is 10.8. The molecule has 12 heavy (non-hydrogen) atoms. The molecule has 0 aliphatic heterocycles. The van der Waals surface area contributed by atoms with Crippen LogP contribution in [0.4, 0.5) is 0 Å². The number of imidazole rings is 1. The minimum Gasteiger partial charge on any atom is -0.341 e. The van der Waals surface area contributed by atoms with E-state index in [1.807, 2.05) is 7.05 Å². The fourth-order valence-electron chi connectivity index (χ4n) is 1.05. The zero-order valence-corrected chi connectivity index (χ0v) is 7.92. The number of H-pyrrole nitrogens is 2. The standard InChI is InChI=1S/C6H6N4S2/c1-10-4-3(7-2-8-4)5(11)9-6(10)12/h2H,1H3,(H,7,8)(H,9,11,12). The van der Waals surface area contributed by atoms with Gasteiger partial charge in [0.15, 0.2) is 10.4 Å². The van der Waals surface area contributed by atoms with Gasteiger partial charge < -0.3 is 14.5 Å². The van der Waals surface area contributed by atoms with Crippen LogP contribution in [0.3, 0.4) is 0 Å². The molecule has 0 saturated carbocycles. The number of nitrogens with one attached hydrogen (secondary N) is 2. The van der Waals surface area contributed by atoms with E-state index >= 15 is 0 Å². The van der Waals surface area contributed by atoms with Crippen LogP contribution < -0.4 is 0 Å². The minimum atomic E-state index is 0.583. The van der Waals surface area contributed by atoms with Crippen LogP contribution in [0.25, 0.3) is 11.2 Å². The number of hydrogen-bond donors (Lipinski definition) is 2. The Bertz CT molecular complexity index is 532. The van der Waals surface area contributed by atoms with Gasteiger partial charge in [-0.25, -0.2) is 4.98 Å². The highest BCUT2D eigenvalue weighted by atomic mass is 32.1. The molecule has 0 unspecified atom stereocenters. The van der Waals surface area contributed by atoms with Gasteiger partial charge in [0.05, 0.1) is 6.33 Å². The molecule has 0 spiro atoms. The number of hydrogen-bond acceptors (Lipinski definition) is 3. The fourth-order valence-corrected chi connectivity index (χ4v) is 1.55. The molecule has 0 saturated heterocycles. The number of nitrogens with zero attached hydrogens (tertiary/aromatic N) is 2. The van der Waals surface area contributed by atoms with Crippen LogP contribution in [0.2, 0.25) is 0 Å². The molecule has 62 valence electrons. The molecule has 0 fully saturated rings. The number of rotatable bonds is 0. The molecule has 0 aliphatic carbocycles. The van der Waals surface area contributed by atoms with Crippen molar-refractivity contribution in [2.24, 2.45) is 7.05 Å². The van der Waals surface area contributed by atoms with Gasteiger partial charge in [0.1, 0.15) is 10.2 Å².